The van der Waals surface area contributed by atoms with E-state index >= 15 is 0 Å². The zero-order valence-corrected chi connectivity index (χ0v) is 25.3. The molecule has 0 bridgehead atoms. The van der Waals surface area contributed by atoms with Gasteiger partial charge in [-0.3, -0.25) is 23.0 Å². The van der Waals surface area contributed by atoms with E-state index in [1.165, 1.54) is 0 Å². The van der Waals surface area contributed by atoms with Crippen LogP contribution in [0.3, 0.4) is 0 Å². The first kappa shape index (κ1) is 37.3. The molecule has 0 spiro atoms. The summed E-state index contributed by atoms with van der Waals surface area (Å²) >= 11 is 0. The van der Waals surface area contributed by atoms with Crippen molar-refractivity contribution in [1.29, 1.82) is 0 Å². The van der Waals surface area contributed by atoms with E-state index in [0.29, 0.717) is 5.56 Å². The lowest BCUT2D eigenvalue weighted by Gasteiger charge is -2.39. The van der Waals surface area contributed by atoms with Crippen LogP contribution in [0.5, 0.6) is 0 Å². The number of carbonyl (C=O) groups is 1. The average Bonchev–Trinajstić information content (AvgIpc) is 2.83. The van der Waals surface area contributed by atoms with E-state index in [1.807, 2.05) is 5.32 Å². The van der Waals surface area contributed by atoms with Gasteiger partial charge >= 0.3 is 41.6 Å². The number of ether oxygens (including phenoxy) is 2. The highest BCUT2D eigenvalue weighted by molar-refractivity contribution is 7.81. The fourth-order valence-electron chi connectivity index (χ4n) is 3.51. The molecule has 1 aromatic carbocycles. The van der Waals surface area contributed by atoms with E-state index in [1.54, 1.807) is 30.3 Å². The van der Waals surface area contributed by atoms with Gasteiger partial charge in [0, 0.05) is 12.0 Å². The molecule has 5 N–H and O–H groups in total. The van der Waals surface area contributed by atoms with E-state index in [2.05, 4.69) is 16.7 Å². The Kier molecular flexibility index (Phi) is 12.5. The maximum atomic E-state index is 13.0. The summed E-state index contributed by atoms with van der Waals surface area (Å²) in [7, 11) is -21.2. The topological polar surface area (TPSA) is 302 Å². The molecule has 43 heavy (non-hydrogen) atoms. The SMILES string of the molecule is CC(C)(COS(=O)(=O)O)[C@@H](OS(=O)(=O)O)C(=O)NC[C@H]1O[C@H](OCc2ccccc2)[CH][C@@H](OS(=O)(=O)O)[C@@H]1OS(=O)(=O)O. The molecule has 24 heteroatoms. The van der Waals surface area contributed by atoms with E-state index in [0.717, 1.165) is 20.3 Å². The third-order valence-corrected chi connectivity index (χ3v) is 7.07. The third kappa shape index (κ3) is 14.2. The lowest BCUT2D eigenvalue weighted by molar-refractivity contribution is -0.216. The van der Waals surface area contributed by atoms with Crippen molar-refractivity contribution in [1.82, 2.24) is 5.32 Å². The van der Waals surface area contributed by atoms with Crippen LogP contribution in [-0.4, -0.2) is 102 Å². The highest BCUT2D eigenvalue weighted by atomic mass is 32.3. The molecule has 1 saturated heterocycles. The van der Waals surface area contributed by atoms with Gasteiger partial charge in [-0.25, -0.2) is 16.7 Å². The van der Waals surface area contributed by atoms with Crippen LogP contribution in [0.2, 0.25) is 0 Å². The molecule has 1 aliphatic rings. The van der Waals surface area contributed by atoms with Gasteiger partial charge in [0.1, 0.15) is 18.3 Å². The monoisotopic (exact) mass is 702 g/mol. The van der Waals surface area contributed by atoms with Gasteiger partial charge in [-0.15, -0.1) is 0 Å². The minimum atomic E-state index is -5.39. The largest absolute Gasteiger partial charge is 0.398 e. The van der Waals surface area contributed by atoms with Crippen molar-refractivity contribution in [2.24, 2.45) is 5.41 Å². The van der Waals surface area contributed by atoms with Crippen LogP contribution >= 0.6 is 0 Å². The summed E-state index contributed by atoms with van der Waals surface area (Å²) in [5.41, 5.74) is -1.34. The van der Waals surface area contributed by atoms with Crippen LogP contribution in [0, 0.1) is 11.8 Å². The first-order chi connectivity index (χ1) is 19.4. The van der Waals surface area contributed by atoms with Crippen LogP contribution in [0.15, 0.2) is 30.3 Å². The lowest BCUT2D eigenvalue weighted by atomic mass is 9.87. The Balaban J connectivity index is 2.36. The fraction of sp³-hybridized carbons (Fsp3) is 0.579. The second-order valence-electron chi connectivity index (χ2n) is 9.34. The van der Waals surface area contributed by atoms with Gasteiger partial charge in [-0.2, -0.15) is 33.7 Å². The summed E-state index contributed by atoms with van der Waals surface area (Å²) in [6.45, 7) is -0.0805. The summed E-state index contributed by atoms with van der Waals surface area (Å²) in [5, 5.41) is 2.05. The average molecular weight is 703 g/mol. The normalized spacial score (nSPS) is 23.0. The molecule has 0 aliphatic carbocycles. The molecule has 1 heterocycles. The summed E-state index contributed by atoms with van der Waals surface area (Å²) in [6.07, 6.45) is -9.02. The number of hydrogen-bond acceptors (Lipinski definition) is 15. The van der Waals surface area contributed by atoms with E-state index in [4.69, 9.17) is 18.6 Å². The first-order valence-electron chi connectivity index (χ1n) is 11.5. The first-order valence-corrected chi connectivity index (χ1v) is 16.9. The maximum Gasteiger partial charge on any atom is 0.398 e. The Labute approximate surface area is 247 Å². The van der Waals surface area contributed by atoms with Gasteiger partial charge in [0.15, 0.2) is 12.4 Å². The molecular weight excluding hydrogens is 674 g/mol. The Hall–Kier alpha value is -1.91. The van der Waals surface area contributed by atoms with Crippen molar-refractivity contribution in [2.45, 2.75) is 51.2 Å². The molecule has 1 fully saturated rings. The van der Waals surface area contributed by atoms with Gasteiger partial charge in [0.2, 0.25) is 0 Å². The van der Waals surface area contributed by atoms with Crippen molar-refractivity contribution < 1.29 is 82.9 Å². The molecule has 5 atom stereocenters. The van der Waals surface area contributed by atoms with Crippen molar-refractivity contribution in [3.05, 3.63) is 42.3 Å². The Bertz CT molecular complexity index is 1530. The number of rotatable bonds is 16. The lowest BCUT2D eigenvalue weighted by Crippen LogP contribution is -2.58. The number of amides is 1. The van der Waals surface area contributed by atoms with Crippen molar-refractivity contribution in [3.63, 3.8) is 0 Å². The summed E-state index contributed by atoms with van der Waals surface area (Å²) in [5.74, 6) is -1.43. The van der Waals surface area contributed by atoms with E-state index in [-0.39, 0.29) is 6.61 Å². The number of benzene rings is 1. The van der Waals surface area contributed by atoms with Crippen LogP contribution in [0.1, 0.15) is 19.4 Å². The zero-order valence-electron chi connectivity index (χ0n) is 22.0. The van der Waals surface area contributed by atoms with Gasteiger partial charge < -0.3 is 14.8 Å². The van der Waals surface area contributed by atoms with Gasteiger partial charge in [0.25, 0.3) is 5.91 Å². The Morgan fingerprint density at radius 2 is 1.49 bits per heavy atom. The Morgan fingerprint density at radius 1 is 0.907 bits per heavy atom. The van der Waals surface area contributed by atoms with Gasteiger partial charge in [0.05, 0.1) is 19.6 Å². The molecule has 1 aliphatic heterocycles. The third-order valence-electron chi connectivity index (χ3n) is 5.29. The Morgan fingerprint density at radius 3 is 2.00 bits per heavy atom. The maximum absolute atomic E-state index is 13.0. The molecule has 1 radical (unpaired) electrons. The zero-order chi connectivity index (χ0) is 32.9. The summed E-state index contributed by atoms with van der Waals surface area (Å²) < 4.78 is 156. The van der Waals surface area contributed by atoms with Gasteiger partial charge in [-0.05, 0) is 5.56 Å². The van der Waals surface area contributed by atoms with Gasteiger partial charge in [-0.1, -0.05) is 44.2 Å². The summed E-state index contributed by atoms with van der Waals surface area (Å²) in [6, 6.07) is 8.31. The number of hydrogen-bond donors (Lipinski definition) is 5. The van der Waals surface area contributed by atoms with Crippen molar-refractivity contribution in [2.75, 3.05) is 13.2 Å². The number of carbonyl (C=O) groups excluding carboxylic acids is 1. The molecule has 0 saturated carbocycles. The fourth-order valence-corrected chi connectivity index (χ4v) is 5.53. The molecule has 247 valence electrons. The molecular formula is C19H28NO19S4. The molecule has 1 aromatic rings. The predicted molar refractivity (Wildman–Crippen MR) is 138 cm³/mol. The standard InChI is InChI=1S/C19H28NO19S4/c1-19(2,11-35-40(22,23)24)17(39-43(31,32)33)18(21)20-9-14-16(38-42(28,29)30)13(37-41(25,26)27)8-15(36-14)34-10-12-6-4-3-5-7-12/h3-8,13-17H,9-11H2,1-2H3,(H,20,21)(H,22,23,24)(H,25,26,27)(H,28,29,30)(H,31,32,33)/t13-,14-,15+,16+,17+/m1/s1. The molecule has 2 rings (SSSR count). The smallest absolute Gasteiger partial charge is 0.351 e. The molecule has 1 amide bonds. The predicted octanol–water partition coefficient (Wildman–Crippen LogP) is -1.34. The van der Waals surface area contributed by atoms with Crippen LogP contribution < -0.4 is 5.32 Å². The van der Waals surface area contributed by atoms with Crippen LogP contribution in [0.25, 0.3) is 0 Å². The van der Waals surface area contributed by atoms with Crippen LogP contribution in [-0.2, 0) is 79.2 Å². The second-order valence-corrected chi connectivity index (χ2v) is 13.6. The quantitative estimate of drug-likeness (QED) is 0.124. The molecule has 0 unspecified atom stereocenters. The minimum Gasteiger partial charge on any atom is -0.351 e. The number of nitrogens with one attached hydrogen (secondary N) is 1. The highest BCUT2D eigenvalue weighted by Crippen LogP contribution is 2.29. The highest BCUT2D eigenvalue weighted by Gasteiger charge is 2.47. The summed E-state index contributed by atoms with van der Waals surface area (Å²) in [4.78, 5) is 13.0. The van der Waals surface area contributed by atoms with Crippen molar-refractivity contribution in [3.8, 4) is 0 Å². The van der Waals surface area contributed by atoms with E-state index < -0.39 is 96.8 Å². The second kappa shape index (κ2) is 14.5. The minimum absolute atomic E-state index is 0.171. The van der Waals surface area contributed by atoms with Crippen molar-refractivity contribution >= 4 is 47.5 Å². The molecule has 20 nitrogen and oxygen atoms in total. The molecule has 0 aromatic heterocycles. The van der Waals surface area contributed by atoms with E-state index in [9.17, 15) is 47.6 Å². The van der Waals surface area contributed by atoms with Crippen LogP contribution in [0.4, 0.5) is 0 Å².